The molecule has 0 radical (unpaired) electrons. The normalized spacial score (nSPS) is 13.1. The molecule has 0 saturated carbocycles. The van der Waals surface area contributed by atoms with Crippen LogP contribution in [-0.4, -0.2) is 26.8 Å². The van der Waals surface area contributed by atoms with Gasteiger partial charge in [-0.3, -0.25) is 14.2 Å². The molecule has 0 spiro atoms. The van der Waals surface area contributed by atoms with Crippen LogP contribution in [0, 0.1) is 24.2 Å². The molecule has 0 bridgehead atoms. The summed E-state index contributed by atoms with van der Waals surface area (Å²) in [6, 6.07) is 16.9. The Hall–Kier alpha value is -3.11. The van der Waals surface area contributed by atoms with Crippen LogP contribution in [0.3, 0.4) is 0 Å². The lowest BCUT2D eigenvalue weighted by molar-refractivity contribution is -0.120. The number of para-hydroxylation sites is 1. The lowest BCUT2D eigenvalue weighted by atomic mass is 9.90. The zero-order valence-corrected chi connectivity index (χ0v) is 18.3. The number of hydrogen-bond acceptors (Lipinski definition) is 5. The second-order valence-corrected chi connectivity index (χ2v) is 8.64. The summed E-state index contributed by atoms with van der Waals surface area (Å²) < 4.78 is 1.53. The maximum absolute atomic E-state index is 13.2. The molecular weight excluding hydrogens is 396 g/mol. The smallest absolute Gasteiger partial charge is 0.266 e. The quantitative estimate of drug-likeness (QED) is 0.483. The standard InChI is InChI=1S/C23H24N4O2S/c1-15(2)23(4,14-24)26-20(28)13-30-22-25-19-8-6-5-7-18(19)21(29)27(22)17-11-9-16(3)10-12-17/h5-12,15H,13H2,1-4H3,(H,26,28). The molecule has 1 unspecified atom stereocenters. The summed E-state index contributed by atoms with van der Waals surface area (Å²) in [5.74, 6) is -0.280. The van der Waals surface area contributed by atoms with Crippen molar-refractivity contribution >= 4 is 28.6 Å². The van der Waals surface area contributed by atoms with E-state index in [4.69, 9.17) is 0 Å². The fourth-order valence-corrected chi connectivity index (χ4v) is 3.70. The molecule has 1 aromatic heterocycles. The van der Waals surface area contributed by atoms with Crippen molar-refractivity contribution in [3.8, 4) is 11.8 Å². The van der Waals surface area contributed by atoms with Crippen LogP contribution < -0.4 is 10.9 Å². The Kier molecular flexibility index (Phi) is 6.28. The average Bonchev–Trinajstić information content (AvgIpc) is 2.73. The number of aromatic nitrogens is 2. The van der Waals surface area contributed by atoms with Crippen molar-refractivity contribution in [2.24, 2.45) is 5.92 Å². The van der Waals surface area contributed by atoms with Gasteiger partial charge in [-0.05, 0) is 44.0 Å². The van der Waals surface area contributed by atoms with Gasteiger partial charge in [0.2, 0.25) is 5.91 Å². The van der Waals surface area contributed by atoms with E-state index in [-0.39, 0.29) is 23.1 Å². The van der Waals surface area contributed by atoms with Crippen LogP contribution in [0.1, 0.15) is 26.3 Å². The third-order valence-corrected chi connectivity index (χ3v) is 6.09. The molecule has 7 heteroatoms. The van der Waals surface area contributed by atoms with E-state index in [0.717, 1.165) is 5.56 Å². The molecule has 1 heterocycles. The fraction of sp³-hybridized carbons (Fsp3) is 0.304. The number of nitrogens with zero attached hydrogens (tertiary/aromatic N) is 3. The predicted molar refractivity (Wildman–Crippen MR) is 120 cm³/mol. The van der Waals surface area contributed by atoms with E-state index in [1.807, 2.05) is 51.1 Å². The van der Waals surface area contributed by atoms with Crippen LogP contribution in [0.2, 0.25) is 0 Å². The lowest BCUT2D eigenvalue weighted by Crippen LogP contribution is -2.49. The SMILES string of the molecule is Cc1ccc(-n2c(SCC(=O)NC(C)(C#N)C(C)C)nc3ccccc3c2=O)cc1. The third kappa shape index (κ3) is 4.39. The van der Waals surface area contributed by atoms with Gasteiger partial charge in [-0.15, -0.1) is 0 Å². The van der Waals surface area contributed by atoms with E-state index in [1.165, 1.54) is 16.3 Å². The van der Waals surface area contributed by atoms with Crippen molar-refractivity contribution in [2.45, 2.75) is 38.4 Å². The molecule has 1 amide bonds. The largest absolute Gasteiger partial charge is 0.337 e. The fourth-order valence-electron chi connectivity index (χ4n) is 2.89. The summed E-state index contributed by atoms with van der Waals surface area (Å²) >= 11 is 1.18. The Morgan fingerprint density at radius 1 is 1.23 bits per heavy atom. The molecule has 0 saturated heterocycles. The number of amides is 1. The molecule has 1 N–H and O–H groups in total. The number of fused-ring (bicyclic) bond motifs is 1. The maximum atomic E-state index is 13.2. The molecule has 3 rings (SSSR count). The minimum absolute atomic E-state index is 0.0408. The number of carbonyl (C=O) groups is 1. The minimum Gasteiger partial charge on any atom is -0.337 e. The summed E-state index contributed by atoms with van der Waals surface area (Å²) in [6.45, 7) is 7.45. The van der Waals surface area contributed by atoms with Gasteiger partial charge in [0.15, 0.2) is 5.16 Å². The summed E-state index contributed by atoms with van der Waals surface area (Å²) in [5.41, 5.74) is 1.22. The van der Waals surface area contributed by atoms with Gasteiger partial charge < -0.3 is 5.32 Å². The zero-order valence-electron chi connectivity index (χ0n) is 17.5. The summed E-state index contributed by atoms with van der Waals surface area (Å²) in [6.07, 6.45) is 0. The number of hydrogen-bond donors (Lipinski definition) is 1. The summed E-state index contributed by atoms with van der Waals surface area (Å²) in [5, 5.41) is 13.2. The van der Waals surface area contributed by atoms with Crippen molar-refractivity contribution in [1.29, 1.82) is 5.26 Å². The molecule has 0 aliphatic carbocycles. The topological polar surface area (TPSA) is 87.8 Å². The lowest BCUT2D eigenvalue weighted by Gasteiger charge is -2.27. The number of nitrogens with one attached hydrogen (secondary N) is 1. The molecule has 0 aliphatic heterocycles. The first kappa shape index (κ1) is 21.6. The zero-order chi connectivity index (χ0) is 21.9. The van der Waals surface area contributed by atoms with E-state index in [0.29, 0.717) is 21.7 Å². The molecule has 0 aliphatic rings. The van der Waals surface area contributed by atoms with Crippen LogP contribution in [0.4, 0.5) is 0 Å². The van der Waals surface area contributed by atoms with Gasteiger partial charge in [-0.25, -0.2) is 4.98 Å². The van der Waals surface area contributed by atoms with Gasteiger partial charge in [0.1, 0.15) is 5.54 Å². The Labute approximate surface area is 179 Å². The van der Waals surface area contributed by atoms with Gasteiger partial charge in [0.05, 0.1) is 28.4 Å². The minimum atomic E-state index is -0.953. The first-order valence-corrected chi connectivity index (χ1v) is 10.7. The molecule has 3 aromatic rings. The summed E-state index contributed by atoms with van der Waals surface area (Å²) in [4.78, 5) is 30.4. The predicted octanol–water partition coefficient (Wildman–Crippen LogP) is 3.84. The number of carbonyl (C=O) groups excluding carboxylic acids is 1. The highest BCUT2D eigenvalue weighted by Gasteiger charge is 2.30. The highest BCUT2D eigenvalue weighted by molar-refractivity contribution is 7.99. The van der Waals surface area contributed by atoms with Gasteiger partial charge in [-0.2, -0.15) is 5.26 Å². The Bertz CT molecular complexity index is 1180. The molecule has 6 nitrogen and oxygen atoms in total. The average molecular weight is 421 g/mol. The Morgan fingerprint density at radius 3 is 2.53 bits per heavy atom. The molecular formula is C23H24N4O2S. The van der Waals surface area contributed by atoms with Crippen LogP contribution in [0.15, 0.2) is 58.5 Å². The number of benzene rings is 2. The van der Waals surface area contributed by atoms with Crippen molar-refractivity contribution < 1.29 is 4.79 Å². The second kappa shape index (κ2) is 8.72. The first-order valence-electron chi connectivity index (χ1n) is 9.69. The van der Waals surface area contributed by atoms with Crippen molar-refractivity contribution in [3.63, 3.8) is 0 Å². The highest BCUT2D eigenvalue weighted by atomic mass is 32.2. The summed E-state index contributed by atoms with van der Waals surface area (Å²) in [7, 11) is 0. The van der Waals surface area contributed by atoms with Crippen molar-refractivity contribution in [1.82, 2.24) is 14.9 Å². The molecule has 1 atom stereocenters. The number of thioether (sulfide) groups is 1. The Morgan fingerprint density at radius 2 is 1.90 bits per heavy atom. The highest BCUT2D eigenvalue weighted by Crippen LogP contribution is 2.22. The van der Waals surface area contributed by atoms with Crippen LogP contribution in [0.5, 0.6) is 0 Å². The van der Waals surface area contributed by atoms with Crippen LogP contribution >= 0.6 is 11.8 Å². The van der Waals surface area contributed by atoms with Gasteiger partial charge >= 0.3 is 0 Å². The Balaban J connectivity index is 1.98. The van der Waals surface area contributed by atoms with E-state index >= 15 is 0 Å². The van der Waals surface area contributed by atoms with E-state index in [1.54, 1.807) is 25.1 Å². The van der Waals surface area contributed by atoms with Crippen LogP contribution in [-0.2, 0) is 4.79 Å². The van der Waals surface area contributed by atoms with E-state index in [2.05, 4.69) is 16.4 Å². The number of aryl methyl sites for hydroxylation is 1. The van der Waals surface area contributed by atoms with Crippen molar-refractivity contribution in [2.75, 3.05) is 5.75 Å². The third-order valence-electron chi connectivity index (χ3n) is 5.16. The number of rotatable bonds is 6. The van der Waals surface area contributed by atoms with Crippen LogP contribution in [0.25, 0.3) is 16.6 Å². The number of nitriles is 1. The monoisotopic (exact) mass is 420 g/mol. The maximum Gasteiger partial charge on any atom is 0.266 e. The van der Waals surface area contributed by atoms with Crippen molar-refractivity contribution in [3.05, 3.63) is 64.4 Å². The van der Waals surface area contributed by atoms with E-state index in [9.17, 15) is 14.9 Å². The van der Waals surface area contributed by atoms with Gasteiger partial charge in [0.25, 0.3) is 5.56 Å². The molecule has 154 valence electrons. The molecule has 2 aromatic carbocycles. The van der Waals surface area contributed by atoms with Gasteiger partial charge in [-0.1, -0.05) is 55.4 Å². The second-order valence-electron chi connectivity index (χ2n) is 7.69. The molecule has 30 heavy (non-hydrogen) atoms. The van der Waals surface area contributed by atoms with Gasteiger partial charge in [0, 0.05) is 0 Å². The van der Waals surface area contributed by atoms with E-state index < -0.39 is 5.54 Å². The first-order chi connectivity index (χ1) is 14.2. The molecule has 0 fully saturated rings.